The SMILES string of the molecule is Cc1cc(C(=O)NCc2cccc(C(=O)O)c2)no1. The number of rotatable bonds is 4. The van der Waals surface area contributed by atoms with Crippen LogP contribution in [0.5, 0.6) is 0 Å². The Labute approximate surface area is 109 Å². The molecule has 0 fully saturated rings. The van der Waals surface area contributed by atoms with Crippen LogP contribution >= 0.6 is 0 Å². The Morgan fingerprint density at radius 1 is 1.37 bits per heavy atom. The maximum Gasteiger partial charge on any atom is 0.335 e. The van der Waals surface area contributed by atoms with Crippen LogP contribution in [0.4, 0.5) is 0 Å². The molecule has 6 nitrogen and oxygen atoms in total. The van der Waals surface area contributed by atoms with E-state index in [0.29, 0.717) is 11.3 Å². The molecule has 1 aromatic carbocycles. The highest BCUT2D eigenvalue weighted by Gasteiger charge is 2.10. The molecule has 2 rings (SSSR count). The molecule has 0 saturated carbocycles. The highest BCUT2D eigenvalue weighted by Crippen LogP contribution is 2.06. The lowest BCUT2D eigenvalue weighted by Crippen LogP contribution is -2.23. The number of aromatic nitrogens is 1. The second kappa shape index (κ2) is 5.34. The molecule has 0 unspecified atom stereocenters. The molecular weight excluding hydrogens is 248 g/mol. The molecule has 19 heavy (non-hydrogen) atoms. The summed E-state index contributed by atoms with van der Waals surface area (Å²) in [5.41, 5.74) is 1.09. The van der Waals surface area contributed by atoms with Gasteiger partial charge in [0.1, 0.15) is 5.76 Å². The first-order valence-electron chi connectivity index (χ1n) is 5.60. The average molecular weight is 260 g/mol. The van der Waals surface area contributed by atoms with Gasteiger partial charge in [0.25, 0.3) is 5.91 Å². The van der Waals surface area contributed by atoms with E-state index in [9.17, 15) is 9.59 Å². The topological polar surface area (TPSA) is 92.4 Å². The first-order chi connectivity index (χ1) is 9.06. The molecule has 0 aliphatic rings. The van der Waals surface area contributed by atoms with Gasteiger partial charge < -0.3 is 14.9 Å². The number of aryl methyl sites for hydroxylation is 1. The lowest BCUT2D eigenvalue weighted by atomic mass is 10.1. The summed E-state index contributed by atoms with van der Waals surface area (Å²) in [7, 11) is 0. The minimum absolute atomic E-state index is 0.184. The number of carbonyl (C=O) groups is 2. The Morgan fingerprint density at radius 2 is 2.16 bits per heavy atom. The van der Waals surface area contributed by atoms with Crippen molar-refractivity contribution in [1.82, 2.24) is 10.5 Å². The van der Waals surface area contributed by atoms with Crippen molar-refractivity contribution in [3.63, 3.8) is 0 Å². The summed E-state index contributed by atoms with van der Waals surface area (Å²) >= 11 is 0. The molecule has 2 aromatic rings. The number of nitrogens with one attached hydrogen (secondary N) is 1. The van der Waals surface area contributed by atoms with Crippen LogP contribution in [-0.4, -0.2) is 22.1 Å². The van der Waals surface area contributed by atoms with Gasteiger partial charge in [-0.05, 0) is 24.6 Å². The number of hydrogen-bond acceptors (Lipinski definition) is 4. The third kappa shape index (κ3) is 3.19. The zero-order valence-corrected chi connectivity index (χ0v) is 10.2. The molecule has 1 heterocycles. The molecule has 0 radical (unpaired) electrons. The second-order valence-corrected chi connectivity index (χ2v) is 4.01. The van der Waals surface area contributed by atoms with E-state index in [-0.39, 0.29) is 23.7 Å². The third-order valence-corrected chi connectivity index (χ3v) is 2.49. The molecule has 0 aliphatic carbocycles. The summed E-state index contributed by atoms with van der Waals surface area (Å²) in [4.78, 5) is 22.5. The maximum absolute atomic E-state index is 11.7. The highest BCUT2D eigenvalue weighted by atomic mass is 16.5. The number of carboxylic acids is 1. The van der Waals surface area contributed by atoms with Crippen LogP contribution in [0.2, 0.25) is 0 Å². The Kier molecular flexibility index (Phi) is 3.61. The number of aromatic carboxylic acids is 1. The van der Waals surface area contributed by atoms with Crippen molar-refractivity contribution in [1.29, 1.82) is 0 Å². The number of hydrogen-bond donors (Lipinski definition) is 2. The van der Waals surface area contributed by atoms with Crippen molar-refractivity contribution in [2.45, 2.75) is 13.5 Å². The minimum atomic E-state index is -1.000. The van der Waals surface area contributed by atoms with E-state index in [0.717, 1.165) is 0 Å². The van der Waals surface area contributed by atoms with Gasteiger partial charge in [-0.15, -0.1) is 0 Å². The fourth-order valence-electron chi connectivity index (χ4n) is 1.56. The van der Waals surface area contributed by atoms with E-state index in [1.54, 1.807) is 19.1 Å². The number of carboxylic acid groups (broad SMARTS) is 1. The fourth-order valence-corrected chi connectivity index (χ4v) is 1.56. The molecule has 98 valence electrons. The zero-order chi connectivity index (χ0) is 13.8. The number of benzene rings is 1. The van der Waals surface area contributed by atoms with Crippen molar-refractivity contribution in [3.8, 4) is 0 Å². The van der Waals surface area contributed by atoms with Gasteiger partial charge in [0.2, 0.25) is 0 Å². The summed E-state index contributed by atoms with van der Waals surface area (Å²) in [6.07, 6.45) is 0. The van der Waals surface area contributed by atoms with E-state index in [4.69, 9.17) is 9.63 Å². The largest absolute Gasteiger partial charge is 0.478 e. The Balaban J connectivity index is 2.01. The molecule has 2 N–H and O–H groups in total. The Hall–Kier alpha value is -2.63. The number of amides is 1. The first-order valence-corrected chi connectivity index (χ1v) is 5.60. The number of nitrogens with zero attached hydrogens (tertiary/aromatic N) is 1. The number of carbonyl (C=O) groups excluding carboxylic acids is 1. The van der Waals surface area contributed by atoms with Gasteiger partial charge in [-0.1, -0.05) is 17.3 Å². The molecule has 0 atom stereocenters. The normalized spacial score (nSPS) is 10.2. The van der Waals surface area contributed by atoms with Crippen molar-refractivity contribution in [2.24, 2.45) is 0 Å². The van der Waals surface area contributed by atoms with Gasteiger partial charge in [-0.25, -0.2) is 4.79 Å². The molecule has 1 aromatic heterocycles. The van der Waals surface area contributed by atoms with Crippen molar-refractivity contribution in [3.05, 3.63) is 52.9 Å². The monoisotopic (exact) mass is 260 g/mol. The fraction of sp³-hybridized carbons (Fsp3) is 0.154. The van der Waals surface area contributed by atoms with Gasteiger partial charge in [0, 0.05) is 12.6 Å². The van der Waals surface area contributed by atoms with E-state index >= 15 is 0 Å². The van der Waals surface area contributed by atoms with E-state index < -0.39 is 5.97 Å². The third-order valence-electron chi connectivity index (χ3n) is 2.49. The molecule has 6 heteroatoms. The molecule has 1 amide bonds. The van der Waals surface area contributed by atoms with Crippen LogP contribution in [0.3, 0.4) is 0 Å². The van der Waals surface area contributed by atoms with E-state index in [2.05, 4.69) is 10.5 Å². The molecule has 0 spiro atoms. The lowest BCUT2D eigenvalue weighted by Gasteiger charge is -2.04. The van der Waals surface area contributed by atoms with Gasteiger partial charge >= 0.3 is 5.97 Å². The van der Waals surface area contributed by atoms with Crippen molar-refractivity contribution in [2.75, 3.05) is 0 Å². The standard InChI is InChI=1S/C13H12N2O4/c1-8-5-11(15-19-8)12(16)14-7-9-3-2-4-10(6-9)13(17)18/h2-6H,7H2,1H3,(H,14,16)(H,17,18). The zero-order valence-electron chi connectivity index (χ0n) is 10.2. The van der Waals surface area contributed by atoms with Crippen LogP contribution in [0.15, 0.2) is 34.9 Å². The van der Waals surface area contributed by atoms with Crippen LogP contribution < -0.4 is 5.32 Å². The predicted molar refractivity (Wildman–Crippen MR) is 65.8 cm³/mol. The predicted octanol–water partition coefficient (Wildman–Crippen LogP) is 1.61. The van der Waals surface area contributed by atoms with Crippen LogP contribution in [0, 0.1) is 6.92 Å². The van der Waals surface area contributed by atoms with Gasteiger partial charge in [0.05, 0.1) is 5.56 Å². The minimum Gasteiger partial charge on any atom is -0.478 e. The van der Waals surface area contributed by atoms with Crippen molar-refractivity contribution >= 4 is 11.9 Å². The van der Waals surface area contributed by atoms with Crippen molar-refractivity contribution < 1.29 is 19.2 Å². The quantitative estimate of drug-likeness (QED) is 0.871. The summed E-state index contributed by atoms with van der Waals surface area (Å²) in [6.45, 7) is 1.92. The van der Waals surface area contributed by atoms with E-state index in [1.165, 1.54) is 18.2 Å². The molecule has 0 bridgehead atoms. The Bertz CT molecular complexity index is 619. The average Bonchev–Trinajstić information content (AvgIpc) is 2.83. The molecule has 0 saturated heterocycles. The second-order valence-electron chi connectivity index (χ2n) is 4.01. The summed E-state index contributed by atoms with van der Waals surface area (Å²) < 4.78 is 4.80. The molecular formula is C13H12N2O4. The smallest absolute Gasteiger partial charge is 0.335 e. The first kappa shape index (κ1) is 12.8. The van der Waals surface area contributed by atoms with Crippen LogP contribution in [-0.2, 0) is 6.54 Å². The molecule has 0 aliphatic heterocycles. The van der Waals surface area contributed by atoms with Gasteiger partial charge in [-0.3, -0.25) is 4.79 Å². The Morgan fingerprint density at radius 3 is 2.79 bits per heavy atom. The summed E-state index contributed by atoms with van der Waals surface area (Å²) in [5.74, 6) is -0.809. The summed E-state index contributed by atoms with van der Waals surface area (Å²) in [5, 5.41) is 15.1. The highest BCUT2D eigenvalue weighted by molar-refractivity contribution is 5.92. The van der Waals surface area contributed by atoms with E-state index in [1.807, 2.05) is 0 Å². The summed E-state index contributed by atoms with van der Waals surface area (Å²) in [6, 6.07) is 7.90. The van der Waals surface area contributed by atoms with Gasteiger partial charge in [-0.2, -0.15) is 0 Å². The van der Waals surface area contributed by atoms with Gasteiger partial charge in [0.15, 0.2) is 5.69 Å². The lowest BCUT2D eigenvalue weighted by molar-refractivity contribution is 0.0696. The van der Waals surface area contributed by atoms with Crippen LogP contribution in [0.25, 0.3) is 0 Å². The maximum atomic E-state index is 11.7. The van der Waals surface area contributed by atoms with Crippen LogP contribution in [0.1, 0.15) is 32.2 Å².